The van der Waals surface area contributed by atoms with Crippen molar-refractivity contribution in [1.82, 2.24) is 0 Å². The molecule has 2 aromatic rings. The zero-order chi connectivity index (χ0) is 18.7. The van der Waals surface area contributed by atoms with Gasteiger partial charge in [-0.1, -0.05) is 25.5 Å². The Bertz CT molecular complexity index is 881. The first-order valence-electron chi connectivity index (χ1n) is 8.59. The summed E-state index contributed by atoms with van der Waals surface area (Å²) in [7, 11) is 0. The van der Waals surface area contributed by atoms with Crippen molar-refractivity contribution < 1.29 is 9.72 Å². The van der Waals surface area contributed by atoms with E-state index in [0.717, 1.165) is 31.2 Å². The molecule has 1 aliphatic rings. The Labute approximate surface area is 155 Å². The van der Waals surface area contributed by atoms with Gasteiger partial charge in [0.15, 0.2) is 0 Å². The van der Waals surface area contributed by atoms with Gasteiger partial charge in [0.2, 0.25) is 5.91 Å². The van der Waals surface area contributed by atoms with Gasteiger partial charge in [0.05, 0.1) is 16.9 Å². The van der Waals surface area contributed by atoms with Gasteiger partial charge in [0, 0.05) is 17.0 Å². The zero-order valence-electron chi connectivity index (χ0n) is 14.4. The summed E-state index contributed by atoms with van der Waals surface area (Å²) in [6.07, 6.45) is 4.20. The van der Waals surface area contributed by atoms with Crippen LogP contribution in [0.15, 0.2) is 24.3 Å². The first-order chi connectivity index (χ1) is 12.5. The number of carbonyl (C=O) groups excluding carboxylic acids is 1. The largest absolute Gasteiger partial charge is 0.316 e. The zero-order valence-corrected chi connectivity index (χ0v) is 15.3. The van der Waals surface area contributed by atoms with Crippen LogP contribution in [0.2, 0.25) is 0 Å². The molecule has 1 heterocycles. The van der Waals surface area contributed by atoms with Gasteiger partial charge in [-0.25, -0.2) is 0 Å². The van der Waals surface area contributed by atoms with Crippen molar-refractivity contribution in [2.75, 3.05) is 5.32 Å². The van der Waals surface area contributed by atoms with E-state index in [4.69, 9.17) is 0 Å². The van der Waals surface area contributed by atoms with Gasteiger partial charge in [-0.2, -0.15) is 5.26 Å². The minimum absolute atomic E-state index is 0.00247. The molecule has 0 spiro atoms. The highest BCUT2D eigenvalue weighted by Crippen LogP contribution is 2.40. The molecule has 1 aromatic heterocycles. The molecule has 1 aromatic carbocycles. The van der Waals surface area contributed by atoms with Crippen molar-refractivity contribution >= 4 is 27.9 Å². The molecule has 1 N–H and O–H groups in total. The van der Waals surface area contributed by atoms with E-state index in [-0.39, 0.29) is 18.0 Å². The second-order valence-corrected chi connectivity index (χ2v) is 7.59. The van der Waals surface area contributed by atoms with Crippen molar-refractivity contribution in [2.45, 2.75) is 39.0 Å². The van der Waals surface area contributed by atoms with E-state index in [1.165, 1.54) is 28.3 Å². The fourth-order valence-corrected chi connectivity index (χ4v) is 4.63. The van der Waals surface area contributed by atoms with E-state index < -0.39 is 4.92 Å². The Morgan fingerprint density at radius 2 is 2.15 bits per heavy atom. The molecular formula is C19H19N3O3S. The van der Waals surface area contributed by atoms with Crippen LogP contribution in [0.4, 0.5) is 10.7 Å². The number of nitro benzene ring substituents is 1. The average Bonchev–Trinajstić information content (AvgIpc) is 2.97. The van der Waals surface area contributed by atoms with Crippen LogP contribution >= 0.6 is 11.3 Å². The molecule has 0 saturated carbocycles. The van der Waals surface area contributed by atoms with E-state index in [1.54, 1.807) is 12.1 Å². The number of benzene rings is 1. The summed E-state index contributed by atoms with van der Waals surface area (Å²) in [6, 6.07) is 8.18. The van der Waals surface area contributed by atoms with E-state index in [2.05, 4.69) is 18.3 Å². The number of fused-ring (bicyclic) bond motifs is 1. The lowest BCUT2D eigenvalue weighted by Gasteiger charge is -2.20. The van der Waals surface area contributed by atoms with Gasteiger partial charge in [0.25, 0.3) is 5.69 Å². The summed E-state index contributed by atoms with van der Waals surface area (Å²) in [4.78, 5) is 23.8. The third kappa shape index (κ3) is 3.75. The van der Waals surface area contributed by atoms with Crippen molar-refractivity contribution in [1.29, 1.82) is 5.26 Å². The summed E-state index contributed by atoms with van der Waals surface area (Å²) in [5, 5.41) is 23.7. The first-order valence-corrected chi connectivity index (χ1v) is 9.41. The van der Waals surface area contributed by atoms with Crippen LogP contribution < -0.4 is 5.32 Å². The molecular weight excluding hydrogens is 350 g/mol. The maximum absolute atomic E-state index is 12.4. The summed E-state index contributed by atoms with van der Waals surface area (Å²) < 4.78 is 0. The summed E-state index contributed by atoms with van der Waals surface area (Å²) in [5.41, 5.74) is 2.38. The van der Waals surface area contributed by atoms with Crippen LogP contribution in [0.25, 0.3) is 0 Å². The summed E-state index contributed by atoms with van der Waals surface area (Å²) in [6.45, 7) is 2.18. The number of rotatable bonds is 5. The molecule has 1 atom stereocenters. The quantitative estimate of drug-likeness (QED) is 0.630. The number of nitrogens with zero attached hydrogens (tertiary/aromatic N) is 2. The second kappa shape index (κ2) is 7.67. The lowest BCUT2D eigenvalue weighted by Crippen LogP contribution is -2.14. The summed E-state index contributed by atoms with van der Waals surface area (Å²) >= 11 is 1.51. The Morgan fingerprint density at radius 3 is 2.77 bits per heavy atom. The Morgan fingerprint density at radius 1 is 1.42 bits per heavy atom. The lowest BCUT2D eigenvalue weighted by molar-refractivity contribution is -0.384. The van der Waals surface area contributed by atoms with Gasteiger partial charge < -0.3 is 5.32 Å². The summed E-state index contributed by atoms with van der Waals surface area (Å²) in [5.74, 6) is 0.428. The Hall–Kier alpha value is -2.72. The molecule has 6 nitrogen and oxygen atoms in total. The predicted octanol–water partition coefficient (Wildman–Crippen LogP) is 4.22. The van der Waals surface area contributed by atoms with Crippen molar-refractivity contribution in [2.24, 2.45) is 5.92 Å². The molecule has 0 radical (unpaired) electrons. The number of anilines is 1. The molecule has 0 fully saturated rings. The number of hydrogen-bond acceptors (Lipinski definition) is 5. The average molecular weight is 369 g/mol. The third-order valence-corrected chi connectivity index (χ3v) is 5.99. The number of hydrogen-bond donors (Lipinski definition) is 1. The number of thiophene rings is 1. The first kappa shape index (κ1) is 18.1. The van der Waals surface area contributed by atoms with Gasteiger partial charge in [0.1, 0.15) is 11.1 Å². The molecule has 0 unspecified atom stereocenters. The van der Waals surface area contributed by atoms with Crippen LogP contribution in [0.1, 0.15) is 41.3 Å². The van der Waals surface area contributed by atoms with Gasteiger partial charge in [-0.3, -0.25) is 14.9 Å². The predicted molar refractivity (Wildman–Crippen MR) is 100 cm³/mol. The molecule has 1 amide bonds. The maximum Gasteiger partial charge on any atom is 0.269 e. The number of non-ortho nitro benzene ring substituents is 1. The Kier molecular flexibility index (Phi) is 5.33. The Balaban J connectivity index is 1.72. The van der Waals surface area contributed by atoms with Crippen LogP contribution in [0, 0.1) is 27.4 Å². The van der Waals surface area contributed by atoms with E-state index in [1.807, 2.05) is 0 Å². The fourth-order valence-electron chi connectivity index (χ4n) is 3.30. The highest BCUT2D eigenvalue weighted by atomic mass is 32.1. The monoisotopic (exact) mass is 369 g/mol. The third-order valence-electron chi connectivity index (χ3n) is 4.82. The van der Waals surface area contributed by atoms with Gasteiger partial charge in [-0.05, 0) is 36.3 Å². The normalized spacial score (nSPS) is 15.8. The number of nitrogens with one attached hydrogen (secondary N) is 1. The SMILES string of the molecule is CC[C@H]1CCc2c(sc(NC(=O)Cc3ccc([N+](=O)[O-])cc3)c2C#N)C1. The lowest BCUT2D eigenvalue weighted by atomic mass is 9.86. The van der Waals surface area contributed by atoms with Crippen molar-refractivity contribution in [3.8, 4) is 6.07 Å². The molecule has 134 valence electrons. The second-order valence-electron chi connectivity index (χ2n) is 6.49. The molecule has 3 rings (SSSR count). The highest BCUT2D eigenvalue weighted by molar-refractivity contribution is 7.16. The number of carbonyl (C=O) groups is 1. The van der Waals surface area contributed by atoms with Crippen LogP contribution in [-0.4, -0.2) is 10.8 Å². The molecule has 26 heavy (non-hydrogen) atoms. The molecule has 1 aliphatic carbocycles. The topological polar surface area (TPSA) is 96.0 Å². The van der Waals surface area contributed by atoms with Crippen LogP contribution in [0.3, 0.4) is 0 Å². The molecule has 0 saturated heterocycles. The van der Waals surface area contributed by atoms with Gasteiger partial charge in [-0.15, -0.1) is 11.3 Å². The van der Waals surface area contributed by atoms with E-state index in [9.17, 15) is 20.2 Å². The molecule has 0 bridgehead atoms. The van der Waals surface area contributed by atoms with Crippen molar-refractivity contribution in [3.63, 3.8) is 0 Å². The number of nitro groups is 1. The maximum atomic E-state index is 12.4. The minimum Gasteiger partial charge on any atom is -0.316 e. The van der Waals surface area contributed by atoms with Crippen LogP contribution in [0.5, 0.6) is 0 Å². The van der Waals surface area contributed by atoms with Crippen molar-refractivity contribution in [3.05, 3.63) is 55.9 Å². The molecule has 7 heteroatoms. The number of amides is 1. The highest BCUT2D eigenvalue weighted by Gasteiger charge is 2.25. The van der Waals surface area contributed by atoms with E-state index >= 15 is 0 Å². The smallest absolute Gasteiger partial charge is 0.269 e. The van der Waals surface area contributed by atoms with E-state index in [0.29, 0.717) is 22.0 Å². The van der Waals surface area contributed by atoms with Crippen LogP contribution in [-0.2, 0) is 24.1 Å². The molecule has 0 aliphatic heterocycles. The number of nitriles is 1. The fraction of sp³-hybridized carbons (Fsp3) is 0.368. The minimum atomic E-state index is -0.469. The van der Waals surface area contributed by atoms with Gasteiger partial charge >= 0.3 is 0 Å². The standard InChI is InChI=1S/C19H19N3O3S/c1-2-12-5-8-15-16(11-20)19(26-17(15)9-12)21-18(23)10-13-3-6-14(7-4-13)22(24)25/h3-4,6-7,12H,2,5,8-10H2,1H3,(H,21,23)/t12-/m0/s1.